The monoisotopic (exact) mass is 868 g/mol. The van der Waals surface area contributed by atoms with Crippen molar-refractivity contribution in [2.75, 3.05) is 91.9 Å². The summed E-state index contributed by atoms with van der Waals surface area (Å²) in [6.07, 6.45) is -0.960. The first-order valence-electron chi connectivity index (χ1n) is 22.3. The highest BCUT2D eigenvalue weighted by atomic mass is 16.5. The Morgan fingerprint density at radius 2 is 1.23 bits per heavy atom. The number of nitrogens with one attached hydrogen (secondary N) is 6. The van der Waals surface area contributed by atoms with E-state index in [4.69, 9.17) is 14.2 Å². The molecule has 17 nitrogen and oxygen atoms in total. The van der Waals surface area contributed by atoms with Crippen molar-refractivity contribution in [1.82, 2.24) is 46.8 Å². The number of urea groups is 2. The molecule has 17 heteroatoms. The van der Waals surface area contributed by atoms with E-state index in [9.17, 15) is 24.3 Å². The number of amides is 6. The van der Waals surface area contributed by atoms with Gasteiger partial charge in [0.1, 0.15) is 17.8 Å². The maximum absolute atomic E-state index is 14.0. The molecule has 4 rings (SSSR count). The maximum Gasteiger partial charge on any atom is 0.315 e. The Morgan fingerprint density at radius 1 is 0.710 bits per heavy atom. The molecule has 2 aromatic rings. The summed E-state index contributed by atoms with van der Waals surface area (Å²) in [5, 5.41) is 28.0. The number of rotatable bonds is 24. The number of hydrogen-bond donors (Lipinski definition) is 7. The van der Waals surface area contributed by atoms with Crippen LogP contribution < -0.4 is 36.7 Å². The minimum Gasteiger partial charge on any atom is -0.493 e. The smallest absolute Gasteiger partial charge is 0.315 e. The van der Waals surface area contributed by atoms with Gasteiger partial charge in [-0.1, -0.05) is 84.0 Å². The Balaban J connectivity index is 1.44. The summed E-state index contributed by atoms with van der Waals surface area (Å²) in [6.45, 7) is 20.7. The number of carbonyl (C=O) groups is 4. The first-order valence-corrected chi connectivity index (χ1v) is 22.3. The second-order valence-corrected chi connectivity index (χ2v) is 17.2. The fourth-order valence-electron chi connectivity index (χ4n) is 7.09. The molecule has 4 unspecified atom stereocenters. The fourth-order valence-corrected chi connectivity index (χ4v) is 7.09. The maximum atomic E-state index is 14.0. The molecule has 0 aliphatic carbocycles. The molecule has 0 aromatic heterocycles. The van der Waals surface area contributed by atoms with Crippen molar-refractivity contribution in [3.05, 3.63) is 65.7 Å². The van der Waals surface area contributed by atoms with Gasteiger partial charge in [-0.15, -0.1) is 0 Å². The van der Waals surface area contributed by atoms with Gasteiger partial charge in [0.25, 0.3) is 5.91 Å². The molecule has 2 saturated heterocycles. The number of benzene rings is 2. The van der Waals surface area contributed by atoms with Crippen LogP contribution in [-0.2, 0) is 25.6 Å². The van der Waals surface area contributed by atoms with Gasteiger partial charge in [-0.05, 0) is 47.4 Å². The summed E-state index contributed by atoms with van der Waals surface area (Å²) in [7, 11) is 0. The van der Waals surface area contributed by atoms with E-state index >= 15 is 0 Å². The Morgan fingerprint density at radius 3 is 1.73 bits per heavy atom. The number of ether oxygens (including phenoxy) is 3. The first-order chi connectivity index (χ1) is 29.8. The van der Waals surface area contributed by atoms with E-state index in [-0.39, 0.29) is 31.3 Å². The minimum atomic E-state index is -1.10. The van der Waals surface area contributed by atoms with E-state index in [1.807, 2.05) is 82.3 Å². The second-order valence-electron chi connectivity index (χ2n) is 17.2. The van der Waals surface area contributed by atoms with Gasteiger partial charge in [-0.25, -0.2) is 14.6 Å². The van der Waals surface area contributed by atoms with Gasteiger partial charge < -0.3 is 45.9 Å². The number of hydrogen-bond acceptors (Lipinski definition) is 11. The van der Waals surface area contributed by atoms with E-state index in [1.165, 1.54) is 0 Å². The summed E-state index contributed by atoms with van der Waals surface area (Å²) in [5.41, 5.74) is 4.58. The van der Waals surface area contributed by atoms with Crippen LogP contribution in [0.25, 0.3) is 0 Å². The Hall–Kier alpha value is -4.52. The van der Waals surface area contributed by atoms with Crippen LogP contribution in [0, 0.1) is 17.8 Å². The molecule has 0 spiro atoms. The number of hydrazine groups is 1. The molecular weight excluding hydrogens is 795 g/mol. The largest absolute Gasteiger partial charge is 0.493 e. The third-order valence-corrected chi connectivity index (χ3v) is 10.8. The molecule has 346 valence electrons. The molecule has 6 amide bonds. The Labute approximate surface area is 368 Å². The molecule has 0 bridgehead atoms. The van der Waals surface area contributed by atoms with Crippen molar-refractivity contribution in [3.63, 3.8) is 0 Å². The van der Waals surface area contributed by atoms with Gasteiger partial charge in [0.15, 0.2) is 0 Å². The van der Waals surface area contributed by atoms with Crippen LogP contribution in [0.15, 0.2) is 54.6 Å². The number of aliphatic hydroxyl groups excluding tert-OH is 1. The Bertz CT molecular complexity index is 1620. The predicted octanol–water partition coefficient (Wildman–Crippen LogP) is 2.48. The van der Waals surface area contributed by atoms with Crippen LogP contribution in [0.5, 0.6) is 5.75 Å². The molecular formula is C45H73N9O8. The third-order valence-electron chi connectivity index (χ3n) is 10.8. The molecule has 2 aliphatic rings. The van der Waals surface area contributed by atoms with Crippen molar-refractivity contribution >= 4 is 23.9 Å². The molecule has 2 heterocycles. The molecule has 7 N–H and O–H groups in total. The number of aliphatic hydroxyl groups is 1. The zero-order valence-electron chi connectivity index (χ0n) is 37.7. The lowest BCUT2D eigenvalue weighted by molar-refractivity contribution is -0.129. The average Bonchev–Trinajstić information content (AvgIpc) is 3.26. The summed E-state index contributed by atoms with van der Waals surface area (Å²) in [4.78, 5) is 58.3. The summed E-state index contributed by atoms with van der Waals surface area (Å²) < 4.78 is 16.7. The third kappa shape index (κ3) is 18.1. The first kappa shape index (κ1) is 50.1. The molecule has 2 fully saturated rings. The van der Waals surface area contributed by atoms with Crippen LogP contribution in [0.4, 0.5) is 9.59 Å². The Kier molecular flexibility index (Phi) is 21.7. The van der Waals surface area contributed by atoms with Gasteiger partial charge in [-0.2, -0.15) is 0 Å². The molecule has 0 saturated carbocycles. The van der Waals surface area contributed by atoms with Gasteiger partial charge in [-0.3, -0.25) is 24.8 Å². The zero-order valence-corrected chi connectivity index (χ0v) is 37.7. The molecule has 2 aliphatic heterocycles. The van der Waals surface area contributed by atoms with E-state index in [2.05, 4.69) is 55.7 Å². The van der Waals surface area contributed by atoms with E-state index in [0.29, 0.717) is 70.7 Å². The predicted molar refractivity (Wildman–Crippen MR) is 238 cm³/mol. The van der Waals surface area contributed by atoms with Crippen LogP contribution in [-0.4, -0.2) is 154 Å². The van der Waals surface area contributed by atoms with Gasteiger partial charge in [0.2, 0.25) is 5.91 Å². The van der Waals surface area contributed by atoms with Crippen molar-refractivity contribution < 1.29 is 38.5 Å². The fraction of sp³-hybridized carbons (Fsp3) is 0.644. The van der Waals surface area contributed by atoms with Crippen molar-refractivity contribution in [1.29, 1.82) is 0 Å². The van der Waals surface area contributed by atoms with E-state index in [1.54, 1.807) is 5.01 Å². The van der Waals surface area contributed by atoms with Gasteiger partial charge in [0, 0.05) is 65.4 Å². The topological polar surface area (TPSA) is 198 Å². The van der Waals surface area contributed by atoms with Crippen molar-refractivity contribution in [3.8, 4) is 5.75 Å². The van der Waals surface area contributed by atoms with Crippen LogP contribution in [0.2, 0.25) is 0 Å². The van der Waals surface area contributed by atoms with Crippen LogP contribution in [0.1, 0.15) is 65.1 Å². The molecule has 62 heavy (non-hydrogen) atoms. The van der Waals surface area contributed by atoms with Gasteiger partial charge >= 0.3 is 12.1 Å². The standard InChI is InChI=1S/C45H73N9O8/c1-32(2)31-62-37-14-12-35(13-15-37)30-54(51-43(57)40(34(5)6)50-45(59)47-18-21-53-24-28-61-29-25-53)19-16-38(55)41(36-10-8-7-9-11-36)48-42(56)39(33(3)4)49-44(58)46-17-20-52-22-26-60-27-23-52/h7-15,32-34,38-41,55H,16-31H2,1-6H3,(H,48,56)(H,51,57)(H2,46,49,58)(H2,47,50,59). The van der Waals surface area contributed by atoms with E-state index < -0.39 is 48.1 Å². The normalized spacial score (nSPS) is 17.0. The summed E-state index contributed by atoms with van der Waals surface area (Å²) in [6, 6.07) is 13.4. The lowest BCUT2D eigenvalue weighted by Crippen LogP contribution is -2.57. The minimum absolute atomic E-state index is 0.138. The lowest BCUT2D eigenvalue weighted by atomic mass is 9.97. The second kappa shape index (κ2) is 26.8. The van der Waals surface area contributed by atoms with E-state index in [0.717, 1.165) is 37.5 Å². The number of morpholine rings is 2. The van der Waals surface area contributed by atoms with Crippen LogP contribution in [0.3, 0.4) is 0 Å². The van der Waals surface area contributed by atoms with Crippen molar-refractivity contribution in [2.45, 2.75) is 78.7 Å². The molecule has 4 atom stereocenters. The SMILES string of the molecule is CC(C)COc1ccc(CN(CCC(O)C(NC(=O)C(NC(=O)NCCN2CCOCC2)C(C)C)c2ccccc2)NC(=O)C(NC(=O)NCCN2CCOCC2)C(C)C)cc1. The van der Waals surface area contributed by atoms with Crippen LogP contribution >= 0.6 is 0 Å². The highest BCUT2D eigenvalue weighted by Crippen LogP contribution is 2.21. The van der Waals surface area contributed by atoms with Crippen molar-refractivity contribution in [2.24, 2.45) is 17.8 Å². The highest BCUT2D eigenvalue weighted by Gasteiger charge is 2.31. The summed E-state index contributed by atoms with van der Waals surface area (Å²) >= 11 is 0. The zero-order chi connectivity index (χ0) is 44.9. The van der Waals surface area contributed by atoms with Gasteiger partial charge in [0.05, 0.1) is 45.2 Å². The molecule has 2 aromatic carbocycles. The highest BCUT2D eigenvalue weighted by molar-refractivity contribution is 5.88. The number of nitrogens with zero attached hydrogens (tertiary/aromatic N) is 3. The summed E-state index contributed by atoms with van der Waals surface area (Å²) in [5.74, 6) is -0.230. The number of carbonyl (C=O) groups excluding carboxylic acids is 4. The lowest BCUT2D eigenvalue weighted by Gasteiger charge is -2.31. The molecule has 0 radical (unpaired) electrons. The average molecular weight is 868 g/mol. The quantitative estimate of drug-likeness (QED) is 0.0766.